The van der Waals surface area contributed by atoms with Crippen LogP contribution in [-0.2, 0) is 11.8 Å². The Morgan fingerprint density at radius 3 is 2.79 bits per heavy atom. The highest BCUT2D eigenvalue weighted by atomic mass is 127. The summed E-state index contributed by atoms with van der Waals surface area (Å²) in [6.07, 6.45) is -0.343. The second-order valence-electron chi connectivity index (χ2n) is 6.39. The van der Waals surface area contributed by atoms with E-state index in [1.54, 1.807) is 6.07 Å². The molecule has 0 saturated carbocycles. The molecule has 2 aromatic carbocycles. The fourth-order valence-corrected chi connectivity index (χ4v) is 4.22. The Hall–Kier alpha value is -1.78. The Morgan fingerprint density at radius 2 is 2.07 bits per heavy atom. The molecule has 0 aliphatic carbocycles. The van der Waals surface area contributed by atoms with Gasteiger partial charge in [0.2, 0.25) is 5.91 Å². The minimum Gasteiger partial charge on any atom is -0.481 e. The minimum absolute atomic E-state index is 0.0933. The average molecular weight is 543 g/mol. The van der Waals surface area contributed by atoms with Crippen LogP contribution in [-0.4, -0.2) is 26.4 Å². The molecule has 0 unspecified atom stereocenters. The highest BCUT2D eigenvalue weighted by molar-refractivity contribution is 14.1. The van der Waals surface area contributed by atoms with Crippen molar-refractivity contribution in [2.75, 3.05) is 11.1 Å². The zero-order valence-corrected chi connectivity index (χ0v) is 19.9. The Labute approximate surface area is 192 Å². The number of benzene rings is 2. The molecule has 0 fully saturated rings. The van der Waals surface area contributed by atoms with Crippen LogP contribution in [0.2, 0.25) is 5.02 Å². The van der Waals surface area contributed by atoms with Crippen molar-refractivity contribution in [2.24, 2.45) is 7.05 Å². The van der Waals surface area contributed by atoms with E-state index in [1.807, 2.05) is 61.9 Å². The second kappa shape index (κ2) is 9.82. The normalized spacial score (nSPS) is 11.9. The Morgan fingerprint density at radius 1 is 1.31 bits per heavy atom. The number of rotatable bonds is 7. The molecular weight excluding hydrogens is 523 g/mol. The maximum Gasteiger partial charge on any atom is 0.234 e. The summed E-state index contributed by atoms with van der Waals surface area (Å²) in [6, 6.07) is 13.2. The van der Waals surface area contributed by atoms with Crippen LogP contribution in [0, 0.1) is 10.5 Å². The van der Waals surface area contributed by atoms with Crippen LogP contribution >= 0.6 is 46.0 Å². The molecule has 0 aliphatic heterocycles. The van der Waals surface area contributed by atoms with Crippen molar-refractivity contribution in [3.8, 4) is 5.75 Å². The van der Waals surface area contributed by atoms with Crippen molar-refractivity contribution in [3.63, 3.8) is 0 Å². The molecule has 1 N–H and O–H groups in total. The fraction of sp³-hybridized carbons (Fsp3) is 0.250. The van der Waals surface area contributed by atoms with E-state index in [0.717, 1.165) is 14.8 Å². The topological polar surface area (TPSA) is 69.0 Å². The first kappa shape index (κ1) is 21.9. The van der Waals surface area contributed by atoms with E-state index in [1.165, 1.54) is 11.8 Å². The number of aryl methyl sites for hydroxylation is 1. The van der Waals surface area contributed by atoms with Crippen LogP contribution in [0.4, 0.5) is 5.69 Å². The summed E-state index contributed by atoms with van der Waals surface area (Å²) in [5.74, 6) is 1.38. The van der Waals surface area contributed by atoms with Gasteiger partial charge in [-0.05, 0) is 72.3 Å². The monoisotopic (exact) mass is 542 g/mol. The molecule has 0 radical (unpaired) electrons. The first-order valence-corrected chi connectivity index (χ1v) is 11.3. The van der Waals surface area contributed by atoms with E-state index < -0.39 is 0 Å². The molecule has 0 bridgehead atoms. The average Bonchev–Trinajstić information content (AvgIpc) is 3.05. The molecule has 1 atom stereocenters. The molecule has 9 heteroatoms. The van der Waals surface area contributed by atoms with Gasteiger partial charge in [-0.2, -0.15) is 0 Å². The number of carbonyl (C=O) groups is 1. The van der Waals surface area contributed by atoms with Crippen LogP contribution in [0.5, 0.6) is 5.75 Å². The number of halogens is 2. The zero-order chi connectivity index (χ0) is 21.0. The quantitative estimate of drug-likeness (QED) is 0.326. The fourth-order valence-electron chi connectivity index (χ4n) is 2.67. The van der Waals surface area contributed by atoms with E-state index in [2.05, 4.69) is 38.1 Å². The van der Waals surface area contributed by atoms with Gasteiger partial charge in [-0.3, -0.25) is 4.79 Å². The lowest BCUT2D eigenvalue weighted by Gasteiger charge is -2.15. The number of amides is 1. The highest BCUT2D eigenvalue weighted by Gasteiger charge is 2.19. The number of ether oxygens (including phenoxy) is 1. The number of carbonyl (C=O) groups excluding carboxylic acids is 1. The van der Waals surface area contributed by atoms with Crippen LogP contribution in [0.3, 0.4) is 0 Å². The summed E-state index contributed by atoms with van der Waals surface area (Å²) in [5.41, 5.74) is 1.85. The third-order valence-corrected chi connectivity index (χ3v) is 6.17. The summed E-state index contributed by atoms with van der Waals surface area (Å²) in [4.78, 5) is 12.3. The number of thioether (sulfide) groups is 1. The summed E-state index contributed by atoms with van der Waals surface area (Å²) in [5, 5.41) is 12.5. The van der Waals surface area contributed by atoms with Crippen LogP contribution in [0.25, 0.3) is 0 Å². The second-order valence-corrected chi connectivity index (χ2v) is 8.98. The standard InChI is InChI=1S/C20H20ClIN4O2S/c1-12-10-14(22)8-9-16(12)23-18(27)11-29-20-25-24-19(26(20)3)13(2)28-17-7-5-4-6-15(17)21/h4-10,13H,11H2,1-3H3,(H,23,27)/t13-/m0/s1. The first-order chi connectivity index (χ1) is 13.8. The third-order valence-electron chi connectivity index (χ3n) is 4.17. The van der Waals surface area contributed by atoms with Crippen LogP contribution in [0.1, 0.15) is 24.4 Å². The van der Waals surface area contributed by atoms with E-state index in [-0.39, 0.29) is 17.8 Å². The molecule has 1 aromatic heterocycles. The lowest BCUT2D eigenvalue weighted by Crippen LogP contribution is -2.15. The lowest BCUT2D eigenvalue weighted by atomic mass is 10.2. The molecule has 152 valence electrons. The molecule has 29 heavy (non-hydrogen) atoms. The molecule has 0 spiro atoms. The predicted molar refractivity (Wildman–Crippen MR) is 125 cm³/mol. The smallest absolute Gasteiger partial charge is 0.234 e. The number of hydrogen-bond donors (Lipinski definition) is 1. The van der Waals surface area contributed by atoms with Gasteiger partial charge in [0.15, 0.2) is 17.1 Å². The summed E-state index contributed by atoms with van der Waals surface area (Å²) < 4.78 is 8.87. The van der Waals surface area contributed by atoms with Gasteiger partial charge in [-0.25, -0.2) is 0 Å². The van der Waals surface area contributed by atoms with Crippen molar-refractivity contribution >= 4 is 57.5 Å². The molecule has 6 nitrogen and oxygen atoms in total. The number of para-hydroxylation sites is 1. The summed E-state index contributed by atoms with van der Waals surface area (Å²) >= 11 is 9.73. The van der Waals surface area contributed by atoms with Gasteiger partial charge in [-0.1, -0.05) is 35.5 Å². The van der Waals surface area contributed by atoms with E-state index in [9.17, 15) is 4.79 Å². The summed E-state index contributed by atoms with van der Waals surface area (Å²) in [6.45, 7) is 3.86. The largest absolute Gasteiger partial charge is 0.481 e. The SMILES string of the molecule is Cc1cc(I)ccc1NC(=O)CSc1nnc([C@H](C)Oc2ccccc2Cl)n1C. The molecule has 0 aliphatic rings. The van der Waals surface area contributed by atoms with E-state index in [4.69, 9.17) is 16.3 Å². The number of anilines is 1. The van der Waals surface area contributed by atoms with Crippen molar-refractivity contribution in [1.29, 1.82) is 0 Å². The van der Waals surface area contributed by atoms with Crippen LogP contribution in [0.15, 0.2) is 47.6 Å². The van der Waals surface area contributed by atoms with Crippen LogP contribution < -0.4 is 10.1 Å². The highest BCUT2D eigenvalue weighted by Crippen LogP contribution is 2.29. The van der Waals surface area contributed by atoms with E-state index >= 15 is 0 Å². The number of nitrogens with one attached hydrogen (secondary N) is 1. The lowest BCUT2D eigenvalue weighted by molar-refractivity contribution is -0.113. The van der Waals surface area contributed by atoms with Gasteiger partial charge in [-0.15, -0.1) is 10.2 Å². The Balaban J connectivity index is 1.60. The number of hydrogen-bond acceptors (Lipinski definition) is 5. The van der Waals surface area contributed by atoms with Crippen molar-refractivity contribution in [1.82, 2.24) is 14.8 Å². The molecule has 3 aromatic rings. The predicted octanol–water partition coefficient (Wildman–Crippen LogP) is 5.25. The van der Waals surface area contributed by atoms with E-state index in [0.29, 0.717) is 21.8 Å². The molecule has 3 rings (SSSR count). The van der Waals surface area contributed by atoms with Gasteiger partial charge in [0, 0.05) is 16.3 Å². The maximum atomic E-state index is 12.3. The van der Waals surface area contributed by atoms with Crippen molar-refractivity contribution in [2.45, 2.75) is 25.1 Å². The van der Waals surface area contributed by atoms with Crippen molar-refractivity contribution in [3.05, 3.63) is 62.4 Å². The number of nitrogens with zero attached hydrogens (tertiary/aromatic N) is 3. The number of aromatic nitrogens is 3. The molecule has 1 amide bonds. The van der Waals surface area contributed by atoms with Gasteiger partial charge in [0.25, 0.3) is 0 Å². The zero-order valence-electron chi connectivity index (χ0n) is 16.1. The molecular formula is C20H20ClIN4O2S. The summed E-state index contributed by atoms with van der Waals surface area (Å²) in [7, 11) is 1.85. The Kier molecular flexibility index (Phi) is 7.42. The Bertz CT molecular complexity index is 1030. The molecule has 0 saturated heterocycles. The van der Waals surface area contributed by atoms with Gasteiger partial charge < -0.3 is 14.6 Å². The van der Waals surface area contributed by atoms with Crippen molar-refractivity contribution < 1.29 is 9.53 Å². The molecule has 1 heterocycles. The van der Waals surface area contributed by atoms with Gasteiger partial charge in [0.1, 0.15) is 5.75 Å². The van der Waals surface area contributed by atoms with Gasteiger partial charge >= 0.3 is 0 Å². The first-order valence-electron chi connectivity index (χ1n) is 8.84. The minimum atomic E-state index is -0.343. The maximum absolute atomic E-state index is 12.3. The van der Waals surface area contributed by atoms with Gasteiger partial charge in [0.05, 0.1) is 10.8 Å². The third kappa shape index (κ3) is 5.64.